The topological polar surface area (TPSA) is 92.7 Å². The number of phenolic OH excluding ortho intramolecular Hbond substituents is 1. The van der Waals surface area contributed by atoms with Gasteiger partial charge in [-0.1, -0.05) is 26.8 Å². The summed E-state index contributed by atoms with van der Waals surface area (Å²) in [7, 11) is 0. The van der Waals surface area contributed by atoms with Crippen molar-refractivity contribution in [2.75, 3.05) is 5.32 Å². The summed E-state index contributed by atoms with van der Waals surface area (Å²) in [6, 6.07) is 12.1. The number of ketones is 1. The second-order valence-electron chi connectivity index (χ2n) is 7.24. The number of Topliss-reactive ketones (excluding diaryl/α,β-unsaturated/α-hetero) is 1. The minimum Gasteiger partial charge on any atom is -0.508 e. The largest absolute Gasteiger partial charge is 0.508 e. The third-order valence-corrected chi connectivity index (χ3v) is 3.84. The Balaban J connectivity index is 2.02. The minimum atomic E-state index is -0.991. The molecule has 6 nitrogen and oxygen atoms in total. The Labute approximate surface area is 158 Å². The molecule has 0 saturated heterocycles. The quantitative estimate of drug-likeness (QED) is 0.618. The molecular weight excluding hydrogens is 346 g/mol. The normalized spacial score (nSPS) is 12.1. The first-order chi connectivity index (χ1) is 12.6. The molecule has 0 fully saturated rings. The second-order valence-corrected chi connectivity index (χ2v) is 7.24. The zero-order valence-corrected chi connectivity index (χ0v) is 15.8. The molecule has 0 aromatic heterocycles. The molecule has 2 N–H and O–H groups in total. The molecule has 2 aromatic carbocycles. The Kier molecular flexibility index (Phi) is 6.00. The van der Waals surface area contributed by atoms with E-state index in [0.717, 1.165) is 0 Å². The van der Waals surface area contributed by atoms with Gasteiger partial charge in [0, 0.05) is 16.7 Å². The number of phenols is 1. The molecule has 0 bridgehead atoms. The maximum Gasteiger partial charge on any atom is 0.338 e. The summed E-state index contributed by atoms with van der Waals surface area (Å²) >= 11 is 0. The second kappa shape index (κ2) is 8.03. The lowest BCUT2D eigenvalue weighted by Gasteiger charge is -2.18. The van der Waals surface area contributed by atoms with Crippen molar-refractivity contribution in [3.8, 4) is 5.75 Å². The third-order valence-electron chi connectivity index (χ3n) is 3.84. The van der Waals surface area contributed by atoms with E-state index in [9.17, 15) is 19.5 Å². The Bertz CT molecular complexity index is 850. The summed E-state index contributed by atoms with van der Waals surface area (Å²) in [5, 5.41) is 12.2. The van der Waals surface area contributed by atoms with Gasteiger partial charge >= 0.3 is 5.97 Å². The van der Waals surface area contributed by atoms with Gasteiger partial charge < -0.3 is 15.2 Å². The van der Waals surface area contributed by atoms with Crippen molar-refractivity contribution in [3.63, 3.8) is 0 Å². The van der Waals surface area contributed by atoms with Crippen molar-refractivity contribution < 1.29 is 24.2 Å². The zero-order chi connectivity index (χ0) is 20.2. The van der Waals surface area contributed by atoms with Crippen molar-refractivity contribution in [3.05, 3.63) is 59.7 Å². The summed E-state index contributed by atoms with van der Waals surface area (Å²) in [4.78, 5) is 36.5. The molecule has 0 saturated carbocycles. The number of esters is 1. The highest BCUT2D eigenvalue weighted by Gasteiger charge is 2.22. The molecule has 0 aliphatic heterocycles. The van der Waals surface area contributed by atoms with Gasteiger partial charge in [-0.2, -0.15) is 0 Å². The number of aromatic hydroxyl groups is 1. The summed E-state index contributed by atoms with van der Waals surface area (Å²) in [6.07, 6.45) is -0.991. The summed E-state index contributed by atoms with van der Waals surface area (Å²) < 4.78 is 5.18. The molecule has 0 aliphatic rings. The number of benzene rings is 2. The van der Waals surface area contributed by atoms with Crippen LogP contribution >= 0.6 is 0 Å². The van der Waals surface area contributed by atoms with E-state index < -0.39 is 17.5 Å². The average Bonchev–Trinajstić information content (AvgIpc) is 2.60. The Morgan fingerprint density at radius 2 is 1.63 bits per heavy atom. The molecule has 2 aromatic rings. The fourth-order valence-electron chi connectivity index (χ4n) is 2.19. The monoisotopic (exact) mass is 369 g/mol. The number of nitrogens with one attached hydrogen (secondary N) is 1. The van der Waals surface area contributed by atoms with E-state index in [1.54, 1.807) is 24.3 Å². The molecular formula is C21H23NO5. The van der Waals surface area contributed by atoms with E-state index in [-0.39, 0.29) is 23.0 Å². The van der Waals surface area contributed by atoms with Crippen LogP contribution in [0.3, 0.4) is 0 Å². The fraction of sp³-hybridized carbons (Fsp3) is 0.286. The van der Waals surface area contributed by atoms with E-state index in [1.165, 1.54) is 31.2 Å². The van der Waals surface area contributed by atoms with Gasteiger partial charge in [0.2, 0.25) is 11.7 Å². The number of rotatable bonds is 5. The molecule has 0 radical (unpaired) electrons. The highest BCUT2D eigenvalue weighted by molar-refractivity contribution is 6.02. The first-order valence-corrected chi connectivity index (χ1v) is 8.53. The van der Waals surface area contributed by atoms with Crippen LogP contribution in [0.25, 0.3) is 0 Å². The highest BCUT2D eigenvalue weighted by Crippen LogP contribution is 2.19. The number of ether oxygens (including phenoxy) is 1. The molecule has 2 rings (SSSR count). The molecule has 1 atom stereocenters. The highest BCUT2D eigenvalue weighted by atomic mass is 16.5. The lowest BCUT2D eigenvalue weighted by Crippen LogP contribution is -2.27. The van der Waals surface area contributed by atoms with Gasteiger partial charge in [-0.05, 0) is 49.4 Å². The molecule has 0 spiro atoms. The number of carbonyl (C=O) groups excluding carboxylic acids is 3. The van der Waals surface area contributed by atoms with Crippen molar-refractivity contribution in [2.45, 2.75) is 33.8 Å². The minimum absolute atomic E-state index is 0.0590. The van der Waals surface area contributed by atoms with Crippen LogP contribution in [0, 0.1) is 5.41 Å². The van der Waals surface area contributed by atoms with E-state index >= 15 is 0 Å². The van der Waals surface area contributed by atoms with Gasteiger partial charge in [0.15, 0.2) is 6.10 Å². The van der Waals surface area contributed by atoms with Gasteiger partial charge in [-0.25, -0.2) is 4.79 Å². The summed E-state index contributed by atoms with van der Waals surface area (Å²) in [5.41, 5.74) is 0.578. The van der Waals surface area contributed by atoms with Crippen molar-refractivity contribution in [2.24, 2.45) is 5.41 Å². The first kappa shape index (κ1) is 20.2. The molecule has 6 heteroatoms. The van der Waals surface area contributed by atoms with Gasteiger partial charge in [0.05, 0.1) is 5.56 Å². The van der Waals surface area contributed by atoms with Crippen molar-refractivity contribution >= 4 is 23.3 Å². The number of anilines is 1. The van der Waals surface area contributed by atoms with Gasteiger partial charge in [-0.3, -0.25) is 9.59 Å². The number of hydrogen-bond donors (Lipinski definition) is 2. The van der Waals surface area contributed by atoms with Crippen LogP contribution in [0.1, 0.15) is 48.4 Å². The Hall–Kier alpha value is -3.15. The first-order valence-electron chi connectivity index (χ1n) is 8.53. The van der Waals surface area contributed by atoms with Crippen molar-refractivity contribution in [1.29, 1.82) is 0 Å². The van der Waals surface area contributed by atoms with E-state index in [1.807, 2.05) is 20.8 Å². The average molecular weight is 369 g/mol. The zero-order valence-electron chi connectivity index (χ0n) is 15.8. The molecule has 0 aliphatic carbocycles. The van der Waals surface area contributed by atoms with E-state index in [2.05, 4.69) is 5.32 Å². The standard InChI is InChI=1S/C21H23NO5/c1-13(27-19(25)15-6-5-7-17(23)12-15)18(24)14-8-10-16(11-9-14)22-20(26)21(2,3)4/h5-13,23H,1-4H3,(H,22,26)/t13-/m0/s1. The summed E-state index contributed by atoms with van der Waals surface area (Å²) in [5.74, 6) is -1.25. The molecule has 142 valence electrons. The van der Waals surface area contributed by atoms with Crippen LogP contribution in [-0.2, 0) is 9.53 Å². The Morgan fingerprint density at radius 3 is 2.19 bits per heavy atom. The fourth-order valence-corrected chi connectivity index (χ4v) is 2.19. The summed E-state index contributed by atoms with van der Waals surface area (Å²) in [6.45, 7) is 6.91. The lowest BCUT2D eigenvalue weighted by molar-refractivity contribution is -0.123. The Morgan fingerprint density at radius 1 is 1.00 bits per heavy atom. The lowest BCUT2D eigenvalue weighted by atomic mass is 9.95. The van der Waals surface area contributed by atoms with Gasteiger partial charge in [0.1, 0.15) is 5.75 Å². The molecule has 1 amide bonds. The smallest absolute Gasteiger partial charge is 0.338 e. The van der Waals surface area contributed by atoms with Gasteiger partial charge in [0.25, 0.3) is 0 Å². The molecule has 0 heterocycles. The van der Waals surface area contributed by atoms with Crippen LogP contribution in [0.2, 0.25) is 0 Å². The molecule has 0 unspecified atom stereocenters. The van der Waals surface area contributed by atoms with Crippen LogP contribution in [0.5, 0.6) is 5.75 Å². The van der Waals surface area contributed by atoms with Crippen LogP contribution < -0.4 is 5.32 Å². The van der Waals surface area contributed by atoms with E-state index in [0.29, 0.717) is 11.3 Å². The molecule has 27 heavy (non-hydrogen) atoms. The SMILES string of the molecule is C[C@H](OC(=O)c1cccc(O)c1)C(=O)c1ccc(NC(=O)C(C)(C)C)cc1. The number of carbonyl (C=O) groups is 3. The predicted octanol–water partition coefficient (Wildman–Crippen LogP) is 3.81. The predicted molar refractivity (Wildman–Crippen MR) is 102 cm³/mol. The number of amides is 1. The maximum absolute atomic E-state index is 12.5. The number of hydrogen-bond acceptors (Lipinski definition) is 5. The van der Waals surface area contributed by atoms with Crippen LogP contribution in [0.4, 0.5) is 5.69 Å². The maximum atomic E-state index is 12.5. The van der Waals surface area contributed by atoms with Gasteiger partial charge in [-0.15, -0.1) is 0 Å². The van der Waals surface area contributed by atoms with E-state index in [4.69, 9.17) is 4.74 Å². The van der Waals surface area contributed by atoms with Crippen LogP contribution in [-0.4, -0.2) is 28.9 Å². The van der Waals surface area contributed by atoms with Crippen molar-refractivity contribution in [1.82, 2.24) is 0 Å². The van der Waals surface area contributed by atoms with Crippen LogP contribution in [0.15, 0.2) is 48.5 Å². The third kappa shape index (κ3) is 5.41.